The molecule has 120 valence electrons. The van der Waals surface area contributed by atoms with Crippen LogP contribution in [0.4, 0.5) is 0 Å². The van der Waals surface area contributed by atoms with Gasteiger partial charge in [0.05, 0.1) is 6.20 Å². The molecule has 0 radical (unpaired) electrons. The number of amides is 1. The second-order valence-corrected chi connectivity index (χ2v) is 5.87. The fraction of sp³-hybridized carbons (Fsp3) is 0.353. The van der Waals surface area contributed by atoms with Crippen molar-refractivity contribution in [2.45, 2.75) is 25.3 Å². The van der Waals surface area contributed by atoms with E-state index < -0.39 is 12.0 Å². The number of carboxylic acid groups (broad SMARTS) is 1. The third kappa shape index (κ3) is 3.11. The molecule has 1 aromatic carbocycles. The van der Waals surface area contributed by atoms with Crippen LogP contribution in [0.1, 0.15) is 29.3 Å². The second kappa shape index (κ2) is 6.24. The molecule has 2 aromatic rings. The number of carbonyl (C=O) groups excluding carboxylic acids is 1. The first-order valence-electron chi connectivity index (χ1n) is 7.64. The molecule has 2 N–H and O–H groups in total. The van der Waals surface area contributed by atoms with Crippen molar-refractivity contribution in [2.75, 3.05) is 0 Å². The number of rotatable bonds is 4. The van der Waals surface area contributed by atoms with E-state index >= 15 is 0 Å². The van der Waals surface area contributed by atoms with Crippen molar-refractivity contribution >= 4 is 11.9 Å². The first kappa shape index (κ1) is 15.3. The van der Waals surface area contributed by atoms with Crippen LogP contribution in [0, 0.1) is 5.92 Å². The number of hydrogen-bond donors (Lipinski definition) is 2. The second-order valence-electron chi connectivity index (χ2n) is 5.87. The van der Waals surface area contributed by atoms with Gasteiger partial charge in [-0.25, -0.2) is 4.79 Å². The zero-order valence-corrected chi connectivity index (χ0v) is 12.9. The third-order valence-corrected chi connectivity index (χ3v) is 4.39. The van der Waals surface area contributed by atoms with E-state index in [2.05, 4.69) is 10.4 Å². The number of carbonyl (C=O) groups is 2. The van der Waals surface area contributed by atoms with Gasteiger partial charge in [-0.15, -0.1) is 0 Å². The van der Waals surface area contributed by atoms with Gasteiger partial charge in [-0.1, -0.05) is 30.3 Å². The predicted octanol–water partition coefficient (Wildman–Crippen LogP) is 1.47. The monoisotopic (exact) mass is 313 g/mol. The maximum atomic E-state index is 12.5. The molecule has 0 saturated heterocycles. The quantitative estimate of drug-likeness (QED) is 0.895. The lowest BCUT2D eigenvalue weighted by Crippen LogP contribution is -2.39. The predicted molar refractivity (Wildman–Crippen MR) is 83.7 cm³/mol. The van der Waals surface area contributed by atoms with Crippen molar-refractivity contribution < 1.29 is 14.7 Å². The van der Waals surface area contributed by atoms with Crippen molar-refractivity contribution in [1.29, 1.82) is 0 Å². The van der Waals surface area contributed by atoms with E-state index in [0.29, 0.717) is 18.4 Å². The van der Waals surface area contributed by atoms with Crippen LogP contribution >= 0.6 is 0 Å². The van der Waals surface area contributed by atoms with E-state index in [1.807, 2.05) is 19.3 Å². The molecule has 23 heavy (non-hydrogen) atoms. The molecule has 1 amide bonds. The molecule has 0 spiro atoms. The summed E-state index contributed by atoms with van der Waals surface area (Å²) < 4.78 is 1.79. The summed E-state index contributed by atoms with van der Waals surface area (Å²) in [5, 5.41) is 16.3. The number of benzene rings is 1. The Morgan fingerprint density at radius 3 is 2.78 bits per heavy atom. The summed E-state index contributed by atoms with van der Waals surface area (Å²) in [5.41, 5.74) is 2.81. The van der Waals surface area contributed by atoms with Crippen molar-refractivity contribution in [3.8, 4) is 0 Å². The van der Waals surface area contributed by atoms with Crippen LogP contribution in [0.5, 0.6) is 0 Å². The molecule has 1 aliphatic rings. The minimum atomic E-state index is -1.05. The molecule has 3 rings (SSSR count). The summed E-state index contributed by atoms with van der Waals surface area (Å²) in [5.74, 6) is -1.49. The Morgan fingerprint density at radius 1 is 1.35 bits per heavy atom. The Bertz CT molecular complexity index is 724. The number of nitrogens with one attached hydrogen (secondary N) is 1. The van der Waals surface area contributed by atoms with Gasteiger partial charge in [0.25, 0.3) is 0 Å². The molecule has 1 unspecified atom stereocenters. The molecular formula is C17H19N3O3. The lowest BCUT2D eigenvalue weighted by molar-refractivity contribution is -0.142. The fourth-order valence-electron chi connectivity index (χ4n) is 3.06. The molecule has 6 nitrogen and oxygen atoms in total. The molecular weight excluding hydrogens is 294 g/mol. The zero-order chi connectivity index (χ0) is 16.4. The van der Waals surface area contributed by atoms with Gasteiger partial charge in [-0.2, -0.15) is 5.10 Å². The van der Waals surface area contributed by atoms with Crippen LogP contribution in [0.25, 0.3) is 0 Å². The van der Waals surface area contributed by atoms with Gasteiger partial charge in [-0.3, -0.25) is 9.48 Å². The molecule has 6 heteroatoms. The van der Waals surface area contributed by atoms with E-state index in [4.69, 9.17) is 0 Å². The van der Waals surface area contributed by atoms with Gasteiger partial charge in [0, 0.05) is 25.1 Å². The Balaban J connectivity index is 1.73. The molecule has 0 saturated carbocycles. The number of aromatic nitrogens is 2. The van der Waals surface area contributed by atoms with Crippen molar-refractivity contribution in [1.82, 2.24) is 15.1 Å². The number of fused-ring (bicyclic) bond motifs is 1. The summed E-state index contributed by atoms with van der Waals surface area (Å²) in [6, 6.07) is 7.74. The van der Waals surface area contributed by atoms with Crippen LogP contribution in [0.3, 0.4) is 0 Å². The molecule has 2 atom stereocenters. The topological polar surface area (TPSA) is 84.2 Å². The van der Waals surface area contributed by atoms with Crippen LogP contribution in [0.15, 0.2) is 36.5 Å². The summed E-state index contributed by atoms with van der Waals surface area (Å²) >= 11 is 0. The largest absolute Gasteiger partial charge is 0.479 e. The van der Waals surface area contributed by atoms with Crippen molar-refractivity contribution in [3.63, 3.8) is 0 Å². The first-order chi connectivity index (χ1) is 11.1. The van der Waals surface area contributed by atoms with Gasteiger partial charge < -0.3 is 10.4 Å². The first-order valence-corrected chi connectivity index (χ1v) is 7.64. The zero-order valence-electron chi connectivity index (χ0n) is 12.9. The SMILES string of the molecule is Cn1ncc2c1CC(C(=O)N[C@H](C(=O)O)c1ccccc1)CC2. The van der Waals surface area contributed by atoms with Gasteiger partial charge in [0.2, 0.25) is 5.91 Å². The van der Waals surface area contributed by atoms with Crippen LogP contribution in [-0.2, 0) is 29.5 Å². The minimum Gasteiger partial charge on any atom is -0.479 e. The number of carboxylic acids is 1. The molecule has 0 aliphatic heterocycles. The van der Waals surface area contributed by atoms with Gasteiger partial charge >= 0.3 is 5.97 Å². The highest BCUT2D eigenvalue weighted by Gasteiger charge is 2.30. The fourth-order valence-corrected chi connectivity index (χ4v) is 3.06. The molecule has 0 fully saturated rings. The Morgan fingerprint density at radius 2 is 2.09 bits per heavy atom. The maximum absolute atomic E-state index is 12.5. The highest BCUT2D eigenvalue weighted by atomic mass is 16.4. The molecule has 1 aromatic heterocycles. The Labute approximate surface area is 134 Å². The Hall–Kier alpha value is -2.63. The summed E-state index contributed by atoms with van der Waals surface area (Å²) in [4.78, 5) is 24.0. The number of nitrogens with zero attached hydrogens (tertiary/aromatic N) is 2. The lowest BCUT2D eigenvalue weighted by Gasteiger charge is -2.24. The Kier molecular flexibility index (Phi) is 4.14. The standard InChI is InChI=1S/C17H19N3O3/c1-20-14-9-12(7-8-13(14)10-18-20)16(21)19-15(17(22)23)11-5-3-2-4-6-11/h2-6,10,12,15H,7-9H2,1H3,(H,19,21)(H,22,23)/t12?,15-/m0/s1. The van der Waals surface area contributed by atoms with Crippen LogP contribution in [0.2, 0.25) is 0 Å². The normalized spacial score (nSPS) is 18.0. The molecule has 1 aliphatic carbocycles. The van der Waals surface area contributed by atoms with E-state index in [0.717, 1.165) is 12.1 Å². The molecule has 1 heterocycles. The smallest absolute Gasteiger partial charge is 0.330 e. The molecule has 0 bridgehead atoms. The number of aryl methyl sites for hydroxylation is 2. The number of hydrogen-bond acceptors (Lipinski definition) is 3. The summed E-state index contributed by atoms with van der Waals surface area (Å²) in [7, 11) is 1.86. The van der Waals surface area contributed by atoms with E-state index in [1.165, 1.54) is 5.56 Å². The van der Waals surface area contributed by atoms with Crippen molar-refractivity contribution in [3.05, 3.63) is 53.3 Å². The summed E-state index contributed by atoms with van der Waals surface area (Å²) in [6.07, 6.45) is 3.95. The lowest BCUT2D eigenvalue weighted by atomic mass is 9.87. The highest BCUT2D eigenvalue weighted by molar-refractivity contribution is 5.86. The van der Waals surface area contributed by atoms with Crippen LogP contribution < -0.4 is 5.32 Å². The van der Waals surface area contributed by atoms with Crippen LogP contribution in [-0.4, -0.2) is 26.8 Å². The van der Waals surface area contributed by atoms with Gasteiger partial charge in [0.15, 0.2) is 6.04 Å². The minimum absolute atomic E-state index is 0.215. The summed E-state index contributed by atoms with van der Waals surface area (Å²) in [6.45, 7) is 0. The van der Waals surface area contributed by atoms with E-state index in [1.54, 1.807) is 28.9 Å². The highest BCUT2D eigenvalue weighted by Crippen LogP contribution is 2.26. The van der Waals surface area contributed by atoms with E-state index in [-0.39, 0.29) is 11.8 Å². The van der Waals surface area contributed by atoms with Crippen molar-refractivity contribution in [2.24, 2.45) is 13.0 Å². The maximum Gasteiger partial charge on any atom is 0.330 e. The number of aliphatic carboxylic acids is 1. The third-order valence-electron chi connectivity index (χ3n) is 4.39. The van der Waals surface area contributed by atoms with E-state index in [9.17, 15) is 14.7 Å². The average molecular weight is 313 g/mol. The van der Waals surface area contributed by atoms with Gasteiger partial charge in [-0.05, 0) is 24.0 Å². The average Bonchev–Trinajstić information content (AvgIpc) is 2.93. The van der Waals surface area contributed by atoms with Gasteiger partial charge in [0.1, 0.15) is 0 Å².